The standard InChI is InChI=1S/C13H28N2/c1-6-7-10(8-14)9-15-11-12(2,3)13(11,4)5/h10-11,15H,6-9,14H2,1-5H3. The molecule has 90 valence electrons. The first-order valence-corrected chi connectivity index (χ1v) is 6.31. The molecule has 0 amide bonds. The van der Waals surface area contributed by atoms with Crippen LogP contribution in [0.15, 0.2) is 0 Å². The van der Waals surface area contributed by atoms with Crippen molar-refractivity contribution >= 4 is 0 Å². The molecule has 0 bridgehead atoms. The largest absolute Gasteiger partial charge is 0.330 e. The molecule has 0 spiro atoms. The first-order valence-electron chi connectivity index (χ1n) is 6.31. The van der Waals surface area contributed by atoms with Crippen molar-refractivity contribution in [3.8, 4) is 0 Å². The molecule has 1 rings (SSSR count). The van der Waals surface area contributed by atoms with Crippen LogP contribution in [0.2, 0.25) is 0 Å². The van der Waals surface area contributed by atoms with E-state index in [0.29, 0.717) is 22.8 Å². The van der Waals surface area contributed by atoms with Gasteiger partial charge in [0.05, 0.1) is 0 Å². The molecule has 1 fully saturated rings. The van der Waals surface area contributed by atoms with E-state index in [-0.39, 0.29) is 0 Å². The second-order valence-electron chi connectivity index (χ2n) is 6.18. The first kappa shape index (κ1) is 13.0. The van der Waals surface area contributed by atoms with Crippen LogP contribution >= 0.6 is 0 Å². The van der Waals surface area contributed by atoms with Gasteiger partial charge in [-0.2, -0.15) is 0 Å². The maximum Gasteiger partial charge on any atom is 0.0181 e. The van der Waals surface area contributed by atoms with Crippen molar-refractivity contribution in [2.75, 3.05) is 13.1 Å². The summed E-state index contributed by atoms with van der Waals surface area (Å²) >= 11 is 0. The molecule has 1 unspecified atom stereocenters. The lowest BCUT2D eigenvalue weighted by atomic mass is 10.0. The van der Waals surface area contributed by atoms with Crippen molar-refractivity contribution in [1.82, 2.24) is 5.32 Å². The van der Waals surface area contributed by atoms with Crippen molar-refractivity contribution in [2.24, 2.45) is 22.5 Å². The lowest BCUT2D eigenvalue weighted by molar-refractivity contribution is 0.427. The Bertz CT molecular complexity index is 195. The van der Waals surface area contributed by atoms with Gasteiger partial charge in [-0.05, 0) is 36.3 Å². The molecule has 0 radical (unpaired) electrons. The predicted octanol–water partition coefficient (Wildman–Crippen LogP) is 2.39. The van der Waals surface area contributed by atoms with Gasteiger partial charge >= 0.3 is 0 Å². The zero-order valence-corrected chi connectivity index (χ0v) is 11.1. The van der Waals surface area contributed by atoms with Gasteiger partial charge in [-0.15, -0.1) is 0 Å². The van der Waals surface area contributed by atoms with E-state index >= 15 is 0 Å². The van der Waals surface area contributed by atoms with E-state index in [1.54, 1.807) is 0 Å². The molecule has 2 heteroatoms. The van der Waals surface area contributed by atoms with E-state index in [0.717, 1.165) is 13.1 Å². The van der Waals surface area contributed by atoms with Crippen LogP contribution in [0.1, 0.15) is 47.5 Å². The van der Waals surface area contributed by atoms with Crippen LogP contribution in [0.5, 0.6) is 0 Å². The molecular weight excluding hydrogens is 184 g/mol. The highest BCUT2D eigenvalue weighted by Crippen LogP contribution is 2.62. The van der Waals surface area contributed by atoms with Crippen LogP contribution in [0.25, 0.3) is 0 Å². The van der Waals surface area contributed by atoms with Crippen LogP contribution < -0.4 is 11.1 Å². The van der Waals surface area contributed by atoms with Crippen molar-refractivity contribution in [3.63, 3.8) is 0 Å². The third kappa shape index (κ3) is 2.36. The zero-order valence-electron chi connectivity index (χ0n) is 11.1. The fourth-order valence-corrected chi connectivity index (χ4v) is 2.70. The molecule has 0 aromatic heterocycles. The Morgan fingerprint density at radius 2 is 1.73 bits per heavy atom. The van der Waals surface area contributed by atoms with E-state index < -0.39 is 0 Å². The molecule has 1 aliphatic carbocycles. The minimum atomic E-state index is 0.443. The van der Waals surface area contributed by atoms with Gasteiger partial charge in [0, 0.05) is 6.04 Å². The summed E-state index contributed by atoms with van der Waals surface area (Å²) in [6.07, 6.45) is 2.48. The molecule has 1 atom stereocenters. The number of nitrogens with one attached hydrogen (secondary N) is 1. The summed E-state index contributed by atoms with van der Waals surface area (Å²) in [4.78, 5) is 0. The maximum absolute atomic E-state index is 5.76. The van der Waals surface area contributed by atoms with Crippen molar-refractivity contribution < 1.29 is 0 Å². The Kier molecular flexibility index (Phi) is 3.83. The quantitative estimate of drug-likeness (QED) is 0.709. The third-order valence-electron chi connectivity index (χ3n) is 4.66. The molecular formula is C13H28N2. The predicted molar refractivity (Wildman–Crippen MR) is 66.8 cm³/mol. The number of nitrogens with two attached hydrogens (primary N) is 1. The molecule has 1 saturated carbocycles. The maximum atomic E-state index is 5.76. The normalized spacial score (nSPS) is 25.2. The summed E-state index contributed by atoms with van der Waals surface area (Å²) in [7, 11) is 0. The highest BCUT2D eigenvalue weighted by Gasteiger charge is 2.64. The van der Waals surface area contributed by atoms with Crippen LogP contribution in [0.4, 0.5) is 0 Å². The Morgan fingerprint density at radius 1 is 1.20 bits per heavy atom. The van der Waals surface area contributed by atoms with Crippen molar-refractivity contribution in [3.05, 3.63) is 0 Å². The summed E-state index contributed by atoms with van der Waals surface area (Å²) in [6.45, 7) is 13.5. The minimum Gasteiger partial charge on any atom is -0.330 e. The summed E-state index contributed by atoms with van der Waals surface area (Å²) in [5, 5.41) is 3.69. The lowest BCUT2D eigenvalue weighted by Gasteiger charge is -2.15. The average molecular weight is 212 g/mol. The van der Waals surface area contributed by atoms with Gasteiger partial charge in [-0.25, -0.2) is 0 Å². The fraction of sp³-hybridized carbons (Fsp3) is 1.00. The molecule has 3 N–H and O–H groups in total. The summed E-state index contributed by atoms with van der Waals surface area (Å²) in [5.41, 5.74) is 6.65. The highest BCUT2D eigenvalue weighted by molar-refractivity contribution is 5.17. The summed E-state index contributed by atoms with van der Waals surface area (Å²) < 4.78 is 0. The van der Waals surface area contributed by atoms with E-state index in [1.807, 2.05) is 0 Å². The molecule has 0 aliphatic heterocycles. The van der Waals surface area contributed by atoms with E-state index in [9.17, 15) is 0 Å². The van der Waals surface area contributed by atoms with Crippen LogP contribution in [-0.4, -0.2) is 19.1 Å². The number of hydrogen-bond acceptors (Lipinski definition) is 2. The van der Waals surface area contributed by atoms with E-state index in [1.165, 1.54) is 12.8 Å². The SMILES string of the molecule is CCCC(CN)CNC1C(C)(C)C1(C)C. The Hall–Kier alpha value is -0.0800. The van der Waals surface area contributed by atoms with Crippen molar-refractivity contribution in [1.29, 1.82) is 0 Å². The average Bonchev–Trinajstić information content (AvgIpc) is 2.53. The molecule has 0 aromatic carbocycles. The van der Waals surface area contributed by atoms with Crippen LogP contribution in [-0.2, 0) is 0 Å². The molecule has 0 aromatic rings. The zero-order chi connectivity index (χ0) is 11.7. The lowest BCUT2D eigenvalue weighted by Crippen LogP contribution is -2.32. The van der Waals surface area contributed by atoms with E-state index in [2.05, 4.69) is 39.9 Å². The fourth-order valence-electron chi connectivity index (χ4n) is 2.70. The minimum absolute atomic E-state index is 0.443. The summed E-state index contributed by atoms with van der Waals surface area (Å²) in [5.74, 6) is 0.655. The second-order valence-corrected chi connectivity index (χ2v) is 6.18. The first-order chi connectivity index (χ1) is 6.87. The second kappa shape index (κ2) is 4.42. The monoisotopic (exact) mass is 212 g/mol. The van der Waals surface area contributed by atoms with E-state index in [4.69, 9.17) is 5.73 Å². The van der Waals surface area contributed by atoms with Gasteiger partial charge in [0.25, 0.3) is 0 Å². The Balaban J connectivity index is 2.33. The van der Waals surface area contributed by atoms with Gasteiger partial charge in [0.1, 0.15) is 0 Å². The smallest absolute Gasteiger partial charge is 0.0181 e. The van der Waals surface area contributed by atoms with Crippen molar-refractivity contribution in [2.45, 2.75) is 53.5 Å². The van der Waals surface area contributed by atoms with Gasteiger partial charge in [0.2, 0.25) is 0 Å². The van der Waals surface area contributed by atoms with Crippen LogP contribution in [0, 0.1) is 16.7 Å². The Morgan fingerprint density at radius 3 is 2.07 bits per heavy atom. The third-order valence-corrected chi connectivity index (χ3v) is 4.66. The van der Waals surface area contributed by atoms with Gasteiger partial charge in [-0.1, -0.05) is 41.0 Å². The van der Waals surface area contributed by atoms with Gasteiger partial charge in [-0.3, -0.25) is 0 Å². The Labute approximate surface area is 95.0 Å². The molecule has 0 saturated heterocycles. The number of hydrogen-bond donors (Lipinski definition) is 2. The topological polar surface area (TPSA) is 38.0 Å². The number of rotatable bonds is 6. The van der Waals surface area contributed by atoms with Crippen LogP contribution in [0.3, 0.4) is 0 Å². The molecule has 1 aliphatic rings. The molecule has 15 heavy (non-hydrogen) atoms. The van der Waals surface area contributed by atoms with Gasteiger partial charge < -0.3 is 11.1 Å². The highest BCUT2D eigenvalue weighted by atomic mass is 15.0. The molecule has 0 heterocycles. The van der Waals surface area contributed by atoms with Gasteiger partial charge in [0.15, 0.2) is 0 Å². The summed E-state index contributed by atoms with van der Waals surface area (Å²) in [6, 6.07) is 0.663. The molecule has 2 nitrogen and oxygen atoms in total.